The number of nitrogens with zero attached hydrogens (tertiary/aromatic N) is 2. The fourth-order valence-electron chi connectivity index (χ4n) is 1.12. The lowest BCUT2D eigenvalue weighted by Crippen LogP contribution is -1.93. The van der Waals surface area contributed by atoms with Crippen molar-refractivity contribution in [1.82, 2.24) is 15.0 Å². The van der Waals surface area contributed by atoms with E-state index in [1.54, 1.807) is 0 Å². The first kappa shape index (κ1) is 7.28. The lowest BCUT2D eigenvalue weighted by atomic mass is 10.1. The predicted octanol–water partition coefficient (Wildman–Crippen LogP) is 2.08. The van der Waals surface area contributed by atoms with E-state index in [-0.39, 0.29) is 0 Å². The highest BCUT2D eigenvalue weighted by Crippen LogP contribution is 2.13. The second kappa shape index (κ2) is 2.59. The Morgan fingerprint density at radius 1 is 1.42 bits per heavy atom. The molecule has 0 saturated carbocycles. The summed E-state index contributed by atoms with van der Waals surface area (Å²) in [6.45, 7) is 4.23. The van der Waals surface area contributed by atoms with Crippen molar-refractivity contribution in [3.8, 4) is 0 Å². The van der Waals surface area contributed by atoms with Gasteiger partial charge in [0.15, 0.2) is 5.65 Å². The van der Waals surface area contributed by atoms with Crippen LogP contribution >= 0.6 is 0 Å². The first-order valence-electron chi connectivity index (χ1n) is 4.07. The highest BCUT2D eigenvalue weighted by molar-refractivity contribution is 5.69. The minimum absolute atomic E-state index is 0.441. The van der Waals surface area contributed by atoms with Gasteiger partial charge in [-0.2, -0.15) is 0 Å². The molecule has 3 heteroatoms. The van der Waals surface area contributed by atoms with Crippen molar-refractivity contribution in [3.05, 3.63) is 24.2 Å². The Morgan fingerprint density at radius 3 is 3.00 bits per heavy atom. The fourth-order valence-corrected chi connectivity index (χ4v) is 1.12. The molecule has 0 unspecified atom stereocenters. The van der Waals surface area contributed by atoms with E-state index in [0.717, 1.165) is 16.9 Å². The van der Waals surface area contributed by atoms with Gasteiger partial charge in [0.05, 0.1) is 11.9 Å². The molecule has 0 spiro atoms. The molecule has 2 aromatic heterocycles. The van der Waals surface area contributed by atoms with Crippen molar-refractivity contribution in [2.75, 3.05) is 0 Å². The number of rotatable bonds is 1. The molecule has 0 saturated heterocycles. The molecule has 0 fully saturated rings. The molecule has 0 aliphatic carbocycles. The summed E-state index contributed by atoms with van der Waals surface area (Å²) >= 11 is 0. The molecule has 2 rings (SSSR count). The highest BCUT2D eigenvalue weighted by Gasteiger charge is 2.02. The van der Waals surface area contributed by atoms with Crippen molar-refractivity contribution in [2.24, 2.45) is 0 Å². The van der Waals surface area contributed by atoms with Gasteiger partial charge in [0, 0.05) is 6.20 Å². The van der Waals surface area contributed by atoms with Crippen LogP contribution in [0.4, 0.5) is 0 Å². The molecule has 0 aliphatic heterocycles. The molecule has 0 aromatic carbocycles. The fraction of sp³-hybridized carbons (Fsp3) is 0.333. The number of fused-ring (bicyclic) bond motifs is 1. The Labute approximate surface area is 70.9 Å². The van der Waals surface area contributed by atoms with Crippen LogP contribution in [0.3, 0.4) is 0 Å². The Hall–Kier alpha value is -1.38. The van der Waals surface area contributed by atoms with Gasteiger partial charge in [-0.1, -0.05) is 13.8 Å². The Kier molecular flexibility index (Phi) is 1.57. The normalized spacial score (nSPS) is 11.2. The third kappa shape index (κ3) is 1.07. The van der Waals surface area contributed by atoms with Crippen molar-refractivity contribution in [1.29, 1.82) is 0 Å². The number of H-pyrrole nitrogens is 1. The van der Waals surface area contributed by atoms with Crippen LogP contribution in [0, 0.1) is 0 Å². The van der Waals surface area contributed by atoms with Gasteiger partial charge >= 0.3 is 0 Å². The van der Waals surface area contributed by atoms with E-state index in [1.165, 1.54) is 0 Å². The number of aromatic nitrogens is 3. The molecule has 2 aromatic rings. The van der Waals surface area contributed by atoms with Crippen LogP contribution in [0.2, 0.25) is 0 Å². The SMILES string of the molecule is CC(C)c1cnc2[nH]ccc2n1. The first-order valence-corrected chi connectivity index (χ1v) is 4.07. The quantitative estimate of drug-likeness (QED) is 0.695. The third-order valence-electron chi connectivity index (χ3n) is 1.87. The number of hydrogen-bond acceptors (Lipinski definition) is 2. The zero-order valence-corrected chi connectivity index (χ0v) is 7.20. The van der Waals surface area contributed by atoms with E-state index in [4.69, 9.17) is 0 Å². The van der Waals surface area contributed by atoms with Gasteiger partial charge in [-0.05, 0) is 12.0 Å². The molecule has 0 bridgehead atoms. The van der Waals surface area contributed by atoms with Crippen LogP contribution in [-0.4, -0.2) is 15.0 Å². The molecule has 12 heavy (non-hydrogen) atoms. The maximum Gasteiger partial charge on any atom is 0.156 e. The molecule has 0 aliphatic rings. The monoisotopic (exact) mass is 161 g/mol. The topological polar surface area (TPSA) is 41.6 Å². The smallest absolute Gasteiger partial charge is 0.156 e. The summed E-state index contributed by atoms with van der Waals surface area (Å²) in [4.78, 5) is 11.7. The Balaban J connectivity index is 2.60. The zero-order chi connectivity index (χ0) is 8.55. The molecule has 0 amide bonds. The molecule has 0 radical (unpaired) electrons. The second-order valence-corrected chi connectivity index (χ2v) is 3.16. The van der Waals surface area contributed by atoms with Crippen molar-refractivity contribution >= 4 is 11.2 Å². The molecule has 62 valence electrons. The summed E-state index contributed by atoms with van der Waals surface area (Å²) in [5.74, 6) is 0.441. The van der Waals surface area contributed by atoms with Crippen LogP contribution in [-0.2, 0) is 0 Å². The van der Waals surface area contributed by atoms with Crippen LogP contribution in [0.5, 0.6) is 0 Å². The van der Waals surface area contributed by atoms with E-state index < -0.39 is 0 Å². The predicted molar refractivity (Wildman–Crippen MR) is 48.0 cm³/mol. The summed E-state index contributed by atoms with van der Waals surface area (Å²) in [5.41, 5.74) is 2.85. The summed E-state index contributed by atoms with van der Waals surface area (Å²) in [6, 6.07) is 1.94. The molecule has 3 nitrogen and oxygen atoms in total. The molecule has 0 atom stereocenters. The maximum atomic E-state index is 4.44. The van der Waals surface area contributed by atoms with Crippen LogP contribution in [0.25, 0.3) is 11.2 Å². The zero-order valence-electron chi connectivity index (χ0n) is 7.20. The van der Waals surface area contributed by atoms with E-state index in [9.17, 15) is 0 Å². The lowest BCUT2D eigenvalue weighted by Gasteiger charge is -2.01. The van der Waals surface area contributed by atoms with Gasteiger partial charge in [0.25, 0.3) is 0 Å². The number of aromatic amines is 1. The van der Waals surface area contributed by atoms with Crippen LogP contribution in [0.15, 0.2) is 18.5 Å². The first-order chi connectivity index (χ1) is 5.77. The van der Waals surface area contributed by atoms with Gasteiger partial charge in [-0.25, -0.2) is 9.97 Å². The molecular formula is C9H11N3. The van der Waals surface area contributed by atoms with Gasteiger partial charge in [0.2, 0.25) is 0 Å². The summed E-state index contributed by atoms with van der Waals surface area (Å²) < 4.78 is 0. The Morgan fingerprint density at radius 2 is 2.25 bits per heavy atom. The van der Waals surface area contributed by atoms with E-state index in [0.29, 0.717) is 5.92 Å². The summed E-state index contributed by atoms with van der Waals surface area (Å²) in [7, 11) is 0. The molecule has 2 heterocycles. The summed E-state index contributed by atoms with van der Waals surface area (Å²) in [6.07, 6.45) is 3.68. The van der Waals surface area contributed by atoms with Crippen LogP contribution in [0.1, 0.15) is 25.5 Å². The highest BCUT2D eigenvalue weighted by atomic mass is 14.9. The minimum Gasteiger partial charge on any atom is -0.345 e. The van der Waals surface area contributed by atoms with Gasteiger partial charge < -0.3 is 4.98 Å². The molecular weight excluding hydrogens is 150 g/mol. The minimum atomic E-state index is 0.441. The standard InChI is InChI=1S/C9H11N3/c1-6(2)8-5-11-9-7(12-8)3-4-10-9/h3-6H,1-2H3,(H,10,11). The molecule has 1 N–H and O–H groups in total. The summed E-state index contributed by atoms with van der Waals surface area (Å²) in [5, 5.41) is 0. The maximum absolute atomic E-state index is 4.44. The lowest BCUT2D eigenvalue weighted by molar-refractivity contribution is 0.821. The van der Waals surface area contributed by atoms with E-state index >= 15 is 0 Å². The van der Waals surface area contributed by atoms with Gasteiger partial charge in [-0.15, -0.1) is 0 Å². The number of hydrogen-bond donors (Lipinski definition) is 1. The van der Waals surface area contributed by atoms with E-state index in [2.05, 4.69) is 28.8 Å². The largest absolute Gasteiger partial charge is 0.345 e. The van der Waals surface area contributed by atoms with E-state index in [1.807, 2.05) is 18.5 Å². The Bertz CT molecular complexity index is 389. The van der Waals surface area contributed by atoms with Gasteiger partial charge in [0.1, 0.15) is 5.52 Å². The third-order valence-corrected chi connectivity index (χ3v) is 1.87. The van der Waals surface area contributed by atoms with Crippen LogP contribution < -0.4 is 0 Å². The average Bonchev–Trinajstić information content (AvgIpc) is 2.49. The average molecular weight is 161 g/mol. The van der Waals surface area contributed by atoms with Crippen molar-refractivity contribution in [2.45, 2.75) is 19.8 Å². The second-order valence-electron chi connectivity index (χ2n) is 3.16. The van der Waals surface area contributed by atoms with Gasteiger partial charge in [-0.3, -0.25) is 0 Å². The number of nitrogens with one attached hydrogen (secondary N) is 1. The van der Waals surface area contributed by atoms with Crippen molar-refractivity contribution < 1.29 is 0 Å². The van der Waals surface area contributed by atoms with Crippen molar-refractivity contribution in [3.63, 3.8) is 0 Å².